The van der Waals surface area contributed by atoms with Gasteiger partial charge in [0.2, 0.25) is 0 Å². The van der Waals surface area contributed by atoms with Gasteiger partial charge in [-0.1, -0.05) is 5.16 Å². The molecule has 2 aromatic heterocycles. The van der Waals surface area contributed by atoms with Gasteiger partial charge in [-0.05, 0) is 11.5 Å². The molecule has 0 N–H and O–H groups in total. The van der Waals surface area contributed by atoms with Gasteiger partial charge in [-0.15, -0.1) is 0 Å². The predicted octanol–water partition coefficient (Wildman–Crippen LogP) is 1.60. The average molecular weight is 151 g/mol. The molecule has 0 fully saturated rings. The molecule has 0 atom stereocenters. The van der Waals surface area contributed by atoms with Crippen LogP contribution in [0.4, 0.5) is 0 Å². The molecular formula is C6H3N2OS. The molecule has 0 aliphatic rings. The topological polar surface area (TPSA) is 38.9 Å². The third-order valence-electron chi connectivity index (χ3n) is 1.10. The second kappa shape index (κ2) is 2.22. The Morgan fingerprint density at radius 1 is 1.60 bits per heavy atom. The number of rotatable bonds is 1. The van der Waals surface area contributed by atoms with Crippen LogP contribution in [0.2, 0.25) is 0 Å². The summed E-state index contributed by atoms with van der Waals surface area (Å²) in [4.78, 5) is 0. The highest BCUT2D eigenvalue weighted by atomic mass is 32.1. The van der Waals surface area contributed by atoms with Crippen LogP contribution in [0.5, 0.6) is 0 Å². The van der Waals surface area contributed by atoms with E-state index in [0.29, 0.717) is 0 Å². The average Bonchev–Trinajstić information content (AvgIpc) is 2.59. The van der Waals surface area contributed by atoms with Crippen LogP contribution in [0.15, 0.2) is 22.2 Å². The van der Waals surface area contributed by atoms with Gasteiger partial charge in [-0.2, -0.15) is 4.37 Å². The Balaban J connectivity index is 2.48. The van der Waals surface area contributed by atoms with E-state index < -0.39 is 0 Å². The Morgan fingerprint density at radius 2 is 2.60 bits per heavy atom. The highest BCUT2D eigenvalue weighted by Gasteiger charge is 2.00. The monoisotopic (exact) mass is 151 g/mol. The molecule has 3 nitrogen and oxygen atoms in total. The van der Waals surface area contributed by atoms with E-state index >= 15 is 0 Å². The fraction of sp³-hybridized carbons (Fsp3) is 0. The summed E-state index contributed by atoms with van der Waals surface area (Å²) in [7, 11) is 0. The molecule has 0 aliphatic carbocycles. The molecule has 0 amide bonds. The Morgan fingerprint density at radius 3 is 3.20 bits per heavy atom. The molecule has 0 spiro atoms. The minimum atomic E-state index is 0.786. The molecular weight excluding hydrogens is 148 g/mol. The van der Waals surface area contributed by atoms with E-state index in [4.69, 9.17) is 0 Å². The summed E-state index contributed by atoms with van der Waals surface area (Å²) in [6.45, 7) is 0. The molecule has 49 valence electrons. The van der Waals surface area contributed by atoms with Gasteiger partial charge in [0, 0.05) is 17.0 Å². The van der Waals surface area contributed by atoms with E-state index in [1.165, 1.54) is 17.8 Å². The zero-order valence-electron chi connectivity index (χ0n) is 4.94. The smallest absolute Gasteiger partial charge is 0.124 e. The van der Waals surface area contributed by atoms with Gasteiger partial charge in [0.15, 0.2) is 0 Å². The first-order chi connectivity index (χ1) is 4.97. The fourth-order valence-electron chi connectivity index (χ4n) is 0.650. The minimum Gasteiger partial charge on any atom is -0.364 e. The van der Waals surface area contributed by atoms with Crippen LogP contribution in [0.25, 0.3) is 11.3 Å². The normalized spacial score (nSPS) is 10.0. The Bertz CT molecular complexity index is 255. The second-order valence-electron chi connectivity index (χ2n) is 1.72. The van der Waals surface area contributed by atoms with Crippen molar-refractivity contribution in [1.29, 1.82) is 0 Å². The van der Waals surface area contributed by atoms with Crippen molar-refractivity contribution >= 4 is 11.5 Å². The number of hydrogen-bond acceptors (Lipinski definition) is 4. The van der Waals surface area contributed by atoms with E-state index in [0.717, 1.165) is 11.3 Å². The van der Waals surface area contributed by atoms with Crippen LogP contribution in [0.1, 0.15) is 0 Å². The number of hydrogen-bond donors (Lipinski definition) is 0. The maximum Gasteiger partial charge on any atom is 0.124 e. The highest BCUT2D eigenvalue weighted by Crippen LogP contribution is 2.16. The van der Waals surface area contributed by atoms with E-state index in [1.54, 1.807) is 6.07 Å². The summed E-state index contributed by atoms with van der Waals surface area (Å²) >= 11 is 1.35. The summed E-state index contributed by atoms with van der Waals surface area (Å²) in [5, 5.41) is 5.59. The minimum absolute atomic E-state index is 0.786. The zero-order valence-corrected chi connectivity index (χ0v) is 5.76. The lowest BCUT2D eigenvalue weighted by atomic mass is 10.3. The molecule has 2 rings (SSSR count). The molecule has 0 bridgehead atoms. The lowest BCUT2D eigenvalue weighted by Crippen LogP contribution is -1.69. The summed E-state index contributed by atoms with van der Waals surface area (Å²) in [6, 6.07) is 1.78. The third-order valence-corrected chi connectivity index (χ3v) is 1.64. The summed E-state index contributed by atoms with van der Waals surface area (Å²) in [5.41, 5.74) is 1.67. The fourth-order valence-corrected chi connectivity index (χ4v) is 1.13. The predicted molar refractivity (Wildman–Crippen MR) is 36.4 cm³/mol. The van der Waals surface area contributed by atoms with Crippen LogP contribution >= 0.6 is 11.5 Å². The van der Waals surface area contributed by atoms with Crippen molar-refractivity contribution in [3.8, 4) is 11.3 Å². The standard InChI is InChI=1S/C6H3N2OS/c1-2-9-8-6(1)5-3-7-10-4-5/h1-2,4H. The van der Waals surface area contributed by atoms with Gasteiger partial charge in [-0.25, -0.2) is 0 Å². The van der Waals surface area contributed by atoms with Crippen LogP contribution in [-0.4, -0.2) is 9.53 Å². The van der Waals surface area contributed by atoms with Gasteiger partial charge >= 0.3 is 0 Å². The third kappa shape index (κ3) is 0.823. The van der Waals surface area contributed by atoms with E-state index in [2.05, 4.69) is 20.3 Å². The molecule has 10 heavy (non-hydrogen) atoms. The van der Waals surface area contributed by atoms with Crippen LogP contribution < -0.4 is 0 Å². The van der Waals surface area contributed by atoms with E-state index in [-0.39, 0.29) is 0 Å². The lowest BCUT2D eigenvalue weighted by molar-refractivity contribution is 0.422. The van der Waals surface area contributed by atoms with Gasteiger partial charge in [0.1, 0.15) is 18.2 Å². The van der Waals surface area contributed by atoms with E-state index in [9.17, 15) is 0 Å². The molecule has 0 aromatic carbocycles. The Hall–Kier alpha value is -1.16. The maximum atomic E-state index is 4.65. The Labute approximate surface area is 61.5 Å². The van der Waals surface area contributed by atoms with Crippen LogP contribution in [-0.2, 0) is 0 Å². The SMILES string of the molecule is [c]1nscc1-c1ccon1. The largest absolute Gasteiger partial charge is 0.364 e. The first-order valence-electron chi connectivity index (χ1n) is 2.69. The lowest BCUT2D eigenvalue weighted by Gasteiger charge is -1.79. The van der Waals surface area contributed by atoms with Crippen LogP contribution in [0, 0.1) is 6.20 Å². The van der Waals surface area contributed by atoms with Crippen molar-refractivity contribution in [3.63, 3.8) is 0 Å². The molecule has 4 heteroatoms. The molecule has 0 aliphatic heterocycles. The highest BCUT2D eigenvalue weighted by molar-refractivity contribution is 7.03. The van der Waals surface area contributed by atoms with E-state index in [1.807, 2.05) is 5.38 Å². The molecule has 1 radical (unpaired) electrons. The van der Waals surface area contributed by atoms with Gasteiger partial charge in [-0.3, -0.25) is 0 Å². The van der Waals surface area contributed by atoms with Crippen molar-refractivity contribution in [3.05, 3.63) is 23.9 Å². The summed E-state index contributed by atoms with van der Waals surface area (Å²) in [6.07, 6.45) is 4.31. The van der Waals surface area contributed by atoms with Gasteiger partial charge < -0.3 is 4.52 Å². The second-order valence-corrected chi connectivity index (χ2v) is 2.35. The van der Waals surface area contributed by atoms with Crippen molar-refractivity contribution in [2.45, 2.75) is 0 Å². The quantitative estimate of drug-likeness (QED) is 0.621. The maximum absolute atomic E-state index is 4.65. The number of aromatic nitrogens is 2. The Kier molecular flexibility index (Phi) is 1.25. The number of nitrogens with zero attached hydrogens (tertiary/aromatic N) is 2. The molecule has 2 heterocycles. The molecule has 0 unspecified atom stereocenters. The zero-order chi connectivity index (χ0) is 6.81. The van der Waals surface area contributed by atoms with Crippen molar-refractivity contribution in [1.82, 2.24) is 9.53 Å². The van der Waals surface area contributed by atoms with Crippen molar-refractivity contribution in [2.24, 2.45) is 0 Å². The van der Waals surface area contributed by atoms with Gasteiger partial charge in [0.05, 0.1) is 0 Å². The molecule has 0 saturated carbocycles. The summed E-state index contributed by atoms with van der Waals surface area (Å²) in [5.74, 6) is 0. The molecule has 0 saturated heterocycles. The first-order valence-corrected chi connectivity index (χ1v) is 3.53. The first kappa shape index (κ1) is 5.61. The van der Waals surface area contributed by atoms with Crippen molar-refractivity contribution in [2.75, 3.05) is 0 Å². The van der Waals surface area contributed by atoms with Crippen molar-refractivity contribution < 1.29 is 4.52 Å². The molecule has 2 aromatic rings. The van der Waals surface area contributed by atoms with Gasteiger partial charge in [0.25, 0.3) is 0 Å². The van der Waals surface area contributed by atoms with Crippen LogP contribution in [0.3, 0.4) is 0 Å². The summed E-state index contributed by atoms with van der Waals surface area (Å²) < 4.78 is 8.46.